The van der Waals surface area contributed by atoms with E-state index in [1.165, 1.54) is 12.1 Å². The van der Waals surface area contributed by atoms with Crippen LogP contribution in [-0.2, 0) is 4.74 Å². The number of halogens is 2. The maximum Gasteiger partial charge on any atom is 0.387 e. The van der Waals surface area contributed by atoms with Crippen molar-refractivity contribution in [1.82, 2.24) is 0 Å². The number of benzene rings is 1. The maximum absolute atomic E-state index is 12.0. The first kappa shape index (κ1) is 16.7. The van der Waals surface area contributed by atoms with Gasteiger partial charge in [-0.15, -0.1) is 0 Å². The fraction of sp³-hybridized carbons (Fsp3) is 0.571. The zero-order chi connectivity index (χ0) is 14.8. The van der Waals surface area contributed by atoms with E-state index in [-0.39, 0.29) is 12.4 Å². The predicted octanol–water partition coefficient (Wildman–Crippen LogP) is 2.88. The summed E-state index contributed by atoms with van der Waals surface area (Å²) in [6.45, 7) is 0.507. The summed E-state index contributed by atoms with van der Waals surface area (Å²) in [6, 6.07) is 6.11. The van der Waals surface area contributed by atoms with E-state index in [2.05, 4.69) is 17.0 Å². The molecule has 114 valence electrons. The van der Waals surface area contributed by atoms with Crippen molar-refractivity contribution in [3.63, 3.8) is 0 Å². The highest BCUT2D eigenvalue weighted by Gasteiger charge is 2.06. The van der Waals surface area contributed by atoms with Crippen LogP contribution in [0.5, 0.6) is 5.75 Å². The molecule has 4 nitrogen and oxygen atoms in total. The van der Waals surface area contributed by atoms with Crippen LogP contribution in [0.15, 0.2) is 24.3 Å². The van der Waals surface area contributed by atoms with Gasteiger partial charge in [0.2, 0.25) is 0 Å². The van der Waals surface area contributed by atoms with E-state index in [0.717, 1.165) is 18.5 Å². The second-order valence-electron chi connectivity index (χ2n) is 4.37. The Balaban J connectivity index is 2.23. The van der Waals surface area contributed by atoms with Crippen molar-refractivity contribution in [2.45, 2.75) is 32.5 Å². The molecule has 0 amide bonds. The predicted molar refractivity (Wildman–Crippen MR) is 73.3 cm³/mol. The van der Waals surface area contributed by atoms with Gasteiger partial charge in [-0.05, 0) is 30.7 Å². The molecule has 1 atom stereocenters. The number of hydrogen-bond donors (Lipinski definition) is 2. The molecule has 0 fully saturated rings. The van der Waals surface area contributed by atoms with Gasteiger partial charge >= 0.3 is 6.61 Å². The van der Waals surface area contributed by atoms with Gasteiger partial charge in [-0.1, -0.05) is 13.3 Å². The minimum absolute atomic E-state index is 0.106. The highest BCUT2D eigenvalue weighted by molar-refractivity contribution is 5.46. The number of unbranched alkanes of at least 4 members (excludes halogenated alkanes) is 1. The molecular weight excluding hydrogens is 268 g/mol. The van der Waals surface area contributed by atoms with Crippen LogP contribution in [0.25, 0.3) is 0 Å². The van der Waals surface area contributed by atoms with Crippen molar-refractivity contribution in [3.8, 4) is 5.75 Å². The average molecular weight is 289 g/mol. The molecule has 1 unspecified atom stereocenters. The first-order chi connectivity index (χ1) is 9.61. The first-order valence-electron chi connectivity index (χ1n) is 6.66. The highest BCUT2D eigenvalue weighted by Crippen LogP contribution is 2.17. The van der Waals surface area contributed by atoms with Gasteiger partial charge < -0.3 is 19.9 Å². The van der Waals surface area contributed by atoms with Crippen LogP contribution in [0, 0.1) is 0 Å². The molecule has 0 aromatic heterocycles. The number of rotatable bonds is 10. The summed E-state index contributed by atoms with van der Waals surface area (Å²) in [5.41, 5.74) is 0.722. The van der Waals surface area contributed by atoms with Crippen molar-refractivity contribution in [3.05, 3.63) is 24.3 Å². The Hall–Kier alpha value is -1.40. The molecule has 6 heteroatoms. The van der Waals surface area contributed by atoms with Crippen LogP contribution < -0.4 is 10.1 Å². The summed E-state index contributed by atoms with van der Waals surface area (Å²) in [5, 5.41) is 12.7. The monoisotopic (exact) mass is 289 g/mol. The molecule has 0 saturated carbocycles. The fourth-order valence-corrected chi connectivity index (χ4v) is 1.51. The van der Waals surface area contributed by atoms with Gasteiger partial charge in [0, 0.05) is 18.8 Å². The molecule has 1 rings (SSSR count). The Morgan fingerprint density at radius 2 is 1.95 bits per heavy atom. The third-order valence-corrected chi connectivity index (χ3v) is 2.57. The minimum Gasteiger partial charge on any atom is -0.435 e. The summed E-state index contributed by atoms with van der Waals surface area (Å²) in [7, 11) is 0. The maximum atomic E-state index is 12.0. The van der Waals surface area contributed by atoms with Crippen molar-refractivity contribution in [1.29, 1.82) is 0 Å². The zero-order valence-corrected chi connectivity index (χ0v) is 11.5. The Bertz CT molecular complexity index is 360. The molecule has 1 aromatic rings. The largest absolute Gasteiger partial charge is 0.435 e. The van der Waals surface area contributed by atoms with Crippen molar-refractivity contribution >= 4 is 5.69 Å². The van der Waals surface area contributed by atoms with Gasteiger partial charge in [-0.2, -0.15) is 8.78 Å². The molecule has 2 N–H and O–H groups in total. The van der Waals surface area contributed by atoms with Crippen molar-refractivity contribution in [2.75, 3.05) is 25.1 Å². The van der Waals surface area contributed by atoms with Crippen LogP contribution in [0.1, 0.15) is 19.8 Å². The lowest BCUT2D eigenvalue weighted by Crippen LogP contribution is -2.25. The van der Waals surface area contributed by atoms with E-state index in [0.29, 0.717) is 13.2 Å². The second-order valence-corrected chi connectivity index (χ2v) is 4.37. The van der Waals surface area contributed by atoms with Gasteiger partial charge in [0.05, 0.1) is 12.7 Å². The van der Waals surface area contributed by atoms with Gasteiger partial charge in [0.1, 0.15) is 5.75 Å². The van der Waals surface area contributed by atoms with E-state index < -0.39 is 12.7 Å². The molecule has 0 heterocycles. The molecule has 20 heavy (non-hydrogen) atoms. The standard InChI is InChI=1S/C14H21F2NO3/c1-2-3-8-19-10-12(18)9-17-11-4-6-13(7-5-11)20-14(15)16/h4-7,12,14,17-18H,2-3,8-10H2,1H3. The van der Waals surface area contributed by atoms with Gasteiger partial charge in [0.15, 0.2) is 0 Å². The van der Waals surface area contributed by atoms with E-state index >= 15 is 0 Å². The third kappa shape index (κ3) is 7.25. The lowest BCUT2D eigenvalue weighted by Gasteiger charge is -2.13. The molecule has 0 aliphatic carbocycles. The molecule has 0 aliphatic rings. The molecule has 0 spiro atoms. The van der Waals surface area contributed by atoms with Crippen LogP contribution in [0.4, 0.5) is 14.5 Å². The van der Waals surface area contributed by atoms with E-state index in [9.17, 15) is 13.9 Å². The summed E-state index contributed by atoms with van der Waals surface area (Å²) >= 11 is 0. The Labute approximate surface area is 117 Å². The van der Waals surface area contributed by atoms with Gasteiger partial charge in [-0.25, -0.2) is 0 Å². The molecule has 0 aliphatic heterocycles. The summed E-state index contributed by atoms with van der Waals surface area (Å²) < 4.78 is 33.5. The third-order valence-electron chi connectivity index (χ3n) is 2.57. The highest BCUT2D eigenvalue weighted by atomic mass is 19.3. The lowest BCUT2D eigenvalue weighted by atomic mass is 10.3. The number of alkyl halides is 2. The van der Waals surface area contributed by atoms with Gasteiger partial charge in [-0.3, -0.25) is 0 Å². The Morgan fingerprint density at radius 3 is 2.55 bits per heavy atom. The summed E-state index contributed by atoms with van der Waals surface area (Å²) in [5.74, 6) is 0.106. The summed E-state index contributed by atoms with van der Waals surface area (Å²) in [4.78, 5) is 0. The Kier molecular flexibility index (Phi) is 7.91. The number of aliphatic hydroxyl groups is 1. The van der Waals surface area contributed by atoms with E-state index in [1.807, 2.05) is 0 Å². The molecular formula is C14H21F2NO3. The zero-order valence-electron chi connectivity index (χ0n) is 11.5. The number of nitrogens with one attached hydrogen (secondary N) is 1. The van der Waals surface area contributed by atoms with E-state index in [4.69, 9.17) is 4.74 Å². The molecule has 1 aromatic carbocycles. The summed E-state index contributed by atoms with van der Waals surface area (Å²) in [6.07, 6.45) is 1.43. The normalized spacial score (nSPS) is 12.4. The van der Waals surface area contributed by atoms with Crippen molar-refractivity contribution < 1.29 is 23.4 Å². The number of anilines is 1. The van der Waals surface area contributed by atoms with Gasteiger partial charge in [0.25, 0.3) is 0 Å². The SMILES string of the molecule is CCCCOCC(O)CNc1ccc(OC(F)F)cc1. The number of aliphatic hydroxyl groups excluding tert-OH is 1. The molecule has 0 radical (unpaired) electrons. The fourth-order valence-electron chi connectivity index (χ4n) is 1.51. The van der Waals surface area contributed by atoms with Crippen LogP contribution >= 0.6 is 0 Å². The molecule has 0 bridgehead atoms. The average Bonchev–Trinajstić information content (AvgIpc) is 2.42. The van der Waals surface area contributed by atoms with Crippen molar-refractivity contribution in [2.24, 2.45) is 0 Å². The Morgan fingerprint density at radius 1 is 1.25 bits per heavy atom. The second kappa shape index (κ2) is 9.50. The number of ether oxygens (including phenoxy) is 2. The quantitative estimate of drug-likeness (QED) is 0.650. The minimum atomic E-state index is -2.82. The first-order valence-corrected chi connectivity index (χ1v) is 6.66. The lowest BCUT2D eigenvalue weighted by molar-refractivity contribution is -0.0498. The molecule has 0 saturated heterocycles. The van der Waals surface area contributed by atoms with E-state index in [1.54, 1.807) is 12.1 Å². The topological polar surface area (TPSA) is 50.7 Å². The number of hydrogen-bond acceptors (Lipinski definition) is 4. The van der Waals surface area contributed by atoms with Crippen LogP contribution in [0.2, 0.25) is 0 Å². The smallest absolute Gasteiger partial charge is 0.387 e. The van der Waals surface area contributed by atoms with Crippen LogP contribution in [0.3, 0.4) is 0 Å². The van der Waals surface area contributed by atoms with Crippen LogP contribution in [-0.4, -0.2) is 37.6 Å².